The van der Waals surface area contributed by atoms with Crippen molar-refractivity contribution in [2.75, 3.05) is 26.9 Å². The number of nitrogens with zero attached hydrogens (tertiary/aromatic N) is 2. The molecule has 1 saturated heterocycles. The summed E-state index contributed by atoms with van der Waals surface area (Å²) in [5.74, 6) is 0.670. The third-order valence-corrected chi connectivity index (χ3v) is 4.32. The molecule has 0 unspecified atom stereocenters. The van der Waals surface area contributed by atoms with E-state index in [-0.39, 0.29) is 5.91 Å². The van der Waals surface area contributed by atoms with Crippen LogP contribution in [0, 0.1) is 0 Å². The van der Waals surface area contributed by atoms with Gasteiger partial charge in [-0.3, -0.25) is 4.79 Å². The number of aromatic nitrogens is 1. The van der Waals surface area contributed by atoms with Crippen LogP contribution in [0.25, 0.3) is 0 Å². The molecular formula is C16H23N3O3. The minimum absolute atomic E-state index is 0.0647. The first-order valence-corrected chi connectivity index (χ1v) is 7.90. The molecule has 2 aliphatic heterocycles. The summed E-state index contributed by atoms with van der Waals surface area (Å²) in [6, 6.07) is 2.28. The number of carbonyl (C=O) groups excluding carboxylic acids is 1. The Morgan fingerprint density at radius 2 is 2.41 bits per heavy atom. The predicted molar refractivity (Wildman–Crippen MR) is 81.9 cm³/mol. The Morgan fingerprint density at radius 3 is 3.09 bits per heavy atom. The van der Waals surface area contributed by atoms with Gasteiger partial charge in [-0.05, 0) is 25.8 Å². The zero-order valence-electron chi connectivity index (χ0n) is 13.2. The van der Waals surface area contributed by atoms with Crippen LogP contribution in [0.1, 0.15) is 41.4 Å². The molecule has 1 aromatic heterocycles. The molecule has 3 rings (SSSR count). The van der Waals surface area contributed by atoms with Gasteiger partial charge in [0.2, 0.25) is 5.88 Å². The second kappa shape index (κ2) is 6.62. The monoisotopic (exact) mass is 305 g/mol. The van der Waals surface area contributed by atoms with Crippen molar-refractivity contribution in [1.29, 1.82) is 0 Å². The maximum absolute atomic E-state index is 12.3. The lowest BCUT2D eigenvalue weighted by Crippen LogP contribution is -2.36. The lowest BCUT2D eigenvalue weighted by molar-refractivity contribution is 0.0698. The summed E-state index contributed by atoms with van der Waals surface area (Å²) in [4.78, 5) is 18.6. The first-order chi connectivity index (χ1) is 10.7. The molecule has 0 spiro atoms. The normalized spacial score (nSPS) is 21.1. The van der Waals surface area contributed by atoms with Crippen molar-refractivity contribution in [3.63, 3.8) is 0 Å². The number of carbonyl (C=O) groups is 1. The van der Waals surface area contributed by atoms with Crippen molar-refractivity contribution in [1.82, 2.24) is 15.2 Å². The minimum atomic E-state index is 0.0647. The number of fused-ring (bicyclic) bond motifs is 1. The van der Waals surface area contributed by atoms with Gasteiger partial charge in [-0.15, -0.1) is 0 Å². The van der Waals surface area contributed by atoms with Gasteiger partial charge in [0.25, 0.3) is 5.91 Å². The van der Waals surface area contributed by atoms with Crippen LogP contribution in [-0.4, -0.2) is 48.7 Å². The van der Waals surface area contributed by atoms with E-state index < -0.39 is 0 Å². The van der Waals surface area contributed by atoms with Crippen molar-refractivity contribution in [2.45, 2.75) is 38.9 Å². The number of nitrogens with one attached hydrogen (secondary N) is 1. The second-order valence-corrected chi connectivity index (χ2v) is 5.77. The molecule has 22 heavy (non-hydrogen) atoms. The summed E-state index contributed by atoms with van der Waals surface area (Å²) in [7, 11) is 1.62. The molecule has 6 heteroatoms. The van der Waals surface area contributed by atoms with Gasteiger partial charge in [0, 0.05) is 31.3 Å². The molecule has 1 N–H and O–H groups in total. The van der Waals surface area contributed by atoms with Gasteiger partial charge in [0.1, 0.15) is 0 Å². The molecule has 6 nitrogen and oxygen atoms in total. The molecule has 0 radical (unpaired) electrons. The lowest BCUT2D eigenvalue weighted by Gasteiger charge is -2.23. The summed E-state index contributed by atoms with van der Waals surface area (Å²) in [5.41, 5.74) is 2.45. The summed E-state index contributed by atoms with van der Waals surface area (Å²) < 4.78 is 10.9. The van der Waals surface area contributed by atoms with Crippen LogP contribution in [0.2, 0.25) is 0 Å². The van der Waals surface area contributed by atoms with Crippen LogP contribution >= 0.6 is 0 Å². The maximum Gasteiger partial charge on any atom is 0.256 e. The van der Waals surface area contributed by atoms with E-state index in [1.165, 1.54) is 0 Å². The highest BCUT2D eigenvalue weighted by atomic mass is 16.5. The molecule has 1 aromatic rings. The van der Waals surface area contributed by atoms with Crippen LogP contribution in [0.4, 0.5) is 0 Å². The van der Waals surface area contributed by atoms with Gasteiger partial charge in [-0.1, -0.05) is 0 Å². The van der Waals surface area contributed by atoms with Crippen molar-refractivity contribution < 1.29 is 14.3 Å². The Labute approximate surface area is 130 Å². The first-order valence-electron chi connectivity index (χ1n) is 7.90. The minimum Gasteiger partial charge on any atom is -0.481 e. The Hall–Kier alpha value is -1.66. The van der Waals surface area contributed by atoms with E-state index in [2.05, 4.69) is 10.3 Å². The maximum atomic E-state index is 12.3. The highest BCUT2D eigenvalue weighted by Gasteiger charge is 2.29. The molecule has 1 amide bonds. The fourth-order valence-corrected chi connectivity index (χ4v) is 3.02. The number of amides is 1. The van der Waals surface area contributed by atoms with Crippen LogP contribution < -0.4 is 10.1 Å². The van der Waals surface area contributed by atoms with E-state index in [0.29, 0.717) is 37.1 Å². The summed E-state index contributed by atoms with van der Waals surface area (Å²) >= 11 is 0. The van der Waals surface area contributed by atoms with E-state index in [9.17, 15) is 4.79 Å². The Morgan fingerprint density at radius 1 is 1.55 bits per heavy atom. The Bertz CT molecular complexity index is 556. The molecule has 2 aliphatic rings. The third-order valence-electron chi connectivity index (χ3n) is 4.32. The van der Waals surface area contributed by atoms with E-state index >= 15 is 0 Å². The Kier molecular flexibility index (Phi) is 4.59. The number of hydrogen-bond donors (Lipinski definition) is 1. The fourth-order valence-electron chi connectivity index (χ4n) is 3.02. The largest absolute Gasteiger partial charge is 0.481 e. The molecule has 3 heterocycles. The van der Waals surface area contributed by atoms with Crippen LogP contribution in [0.3, 0.4) is 0 Å². The van der Waals surface area contributed by atoms with Gasteiger partial charge in [0.05, 0.1) is 31.5 Å². The van der Waals surface area contributed by atoms with Crippen molar-refractivity contribution >= 4 is 5.91 Å². The van der Waals surface area contributed by atoms with Crippen molar-refractivity contribution in [2.24, 2.45) is 0 Å². The van der Waals surface area contributed by atoms with E-state index in [1.54, 1.807) is 12.0 Å². The highest BCUT2D eigenvalue weighted by Crippen LogP contribution is 2.27. The number of methoxy groups -OCH3 is 1. The zero-order valence-corrected chi connectivity index (χ0v) is 13.2. The van der Waals surface area contributed by atoms with E-state index in [4.69, 9.17) is 9.47 Å². The molecule has 0 bridgehead atoms. The number of pyridine rings is 1. The summed E-state index contributed by atoms with van der Waals surface area (Å²) in [6.07, 6.45) is 2.20. The number of rotatable bonds is 5. The standard InChI is InChI=1S/C16H23N3O3/c1-3-19-9-14-13(16(19)20)7-11(15(18-14)21-2)8-17-12-5-4-6-22-10-12/h7,12,17H,3-6,8-10H2,1-2H3/t12-/m1/s1. The van der Waals surface area contributed by atoms with Gasteiger partial charge in [0.15, 0.2) is 0 Å². The van der Waals surface area contributed by atoms with Gasteiger partial charge in [-0.2, -0.15) is 0 Å². The SMILES string of the molecule is CCN1Cc2nc(OC)c(CN[C@@H]3CCCOC3)cc2C1=O. The highest BCUT2D eigenvalue weighted by molar-refractivity contribution is 5.98. The number of hydrogen-bond acceptors (Lipinski definition) is 5. The fraction of sp³-hybridized carbons (Fsp3) is 0.625. The summed E-state index contributed by atoms with van der Waals surface area (Å²) in [6.45, 7) is 5.48. The second-order valence-electron chi connectivity index (χ2n) is 5.77. The topological polar surface area (TPSA) is 63.7 Å². The van der Waals surface area contributed by atoms with Crippen LogP contribution in [0.15, 0.2) is 6.07 Å². The molecule has 120 valence electrons. The average Bonchev–Trinajstić information content (AvgIpc) is 2.88. The first kappa shape index (κ1) is 15.2. The summed E-state index contributed by atoms with van der Waals surface area (Å²) in [5, 5.41) is 3.47. The third kappa shape index (κ3) is 2.94. The molecule has 1 atom stereocenters. The lowest BCUT2D eigenvalue weighted by atomic mass is 10.1. The zero-order chi connectivity index (χ0) is 15.5. The van der Waals surface area contributed by atoms with Crippen molar-refractivity contribution in [3.8, 4) is 5.88 Å². The van der Waals surface area contributed by atoms with Crippen molar-refractivity contribution in [3.05, 3.63) is 22.9 Å². The molecule has 0 saturated carbocycles. The number of ether oxygens (including phenoxy) is 2. The molecular weight excluding hydrogens is 282 g/mol. The van der Waals surface area contributed by atoms with Crippen LogP contribution in [-0.2, 0) is 17.8 Å². The predicted octanol–water partition coefficient (Wildman–Crippen LogP) is 1.33. The smallest absolute Gasteiger partial charge is 0.256 e. The van der Waals surface area contributed by atoms with E-state index in [0.717, 1.165) is 37.3 Å². The van der Waals surface area contributed by atoms with Crippen LogP contribution in [0.5, 0.6) is 5.88 Å². The molecule has 1 fully saturated rings. The van der Waals surface area contributed by atoms with Gasteiger partial charge < -0.3 is 19.7 Å². The van der Waals surface area contributed by atoms with E-state index in [1.807, 2.05) is 13.0 Å². The molecule has 0 aliphatic carbocycles. The Balaban J connectivity index is 1.76. The quantitative estimate of drug-likeness (QED) is 0.889. The van der Waals surface area contributed by atoms with Gasteiger partial charge >= 0.3 is 0 Å². The average molecular weight is 305 g/mol. The molecule has 0 aromatic carbocycles. The van der Waals surface area contributed by atoms with Gasteiger partial charge in [-0.25, -0.2) is 4.98 Å².